The molecule has 3 N–H and O–H groups in total. The summed E-state index contributed by atoms with van der Waals surface area (Å²) in [7, 11) is 3.48. The zero-order valence-corrected chi connectivity index (χ0v) is 16.7. The standard InChI is InChI=1S/C17H26N4O2.HI/c1-21(14-6-4-3-5-7-14)16(22)12-19-17(18)20-13-8-10-15(23-2)11-9-13;/h8-11,14H,3-7,12H2,1-2H3,(H3,18,19,20);1H. The van der Waals surface area contributed by atoms with Crippen LogP contribution in [0.5, 0.6) is 5.75 Å². The van der Waals surface area contributed by atoms with Gasteiger partial charge in [0.15, 0.2) is 5.96 Å². The number of nitrogens with one attached hydrogen (secondary N) is 1. The van der Waals surface area contributed by atoms with Gasteiger partial charge in [-0.2, -0.15) is 0 Å². The number of amides is 1. The van der Waals surface area contributed by atoms with E-state index >= 15 is 0 Å². The fraction of sp³-hybridized carbons (Fsp3) is 0.529. The van der Waals surface area contributed by atoms with E-state index in [9.17, 15) is 4.79 Å². The molecule has 0 saturated heterocycles. The summed E-state index contributed by atoms with van der Waals surface area (Å²) in [6.45, 7) is 0.0714. The van der Waals surface area contributed by atoms with E-state index in [1.54, 1.807) is 7.11 Å². The minimum Gasteiger partial charge on any atom is -0.497 e. The van der Waals surface area contributed by atoms with Gasteiger partial charge >= 0.3 is 0 Å². The summed E-state index contributed by atoms with van der Waals surface area (Å²) in [5.74, 6) is 1.02. The number of carbonyl (C=O) groups excluding carboxylic acids is 1. The Balaban J connectivity index is 0.00000288. The second-order valence-corrected chi connectivity index (χ2v) is 5.85. The highest BCUT2D eigenvalue weighted by molar-refractivity contribution is 14.0. The average Bonchev–Trinajstić information content (AvgIpc) is 2.60. The Morgan fingerprint density at radius 2 is 1.92 bits per heavy atom. The number of hydrogen-bond acceptors (Lipinski definition) is 3. The molecule has 0 aliphatic heterocycles. The largest absolute Gasteiger partial charge is 0.497 e. The van der Waals surface area contributed by atoms with Gasteiger partial charge in [-0.3, -0.25) is 4.79 Å². The molecule has 2 rings (SSSR count). The van der Waals surface area contributed by atoms with Crippen molar-refractivity contribution in [2.75, 3.05) is 26.0 Å². The van der Waals surface area contributed by atoms with Crippen molar-refractivity contribution in [2.24, 2.45) is 10.7 Å². The number of guanidine groups is 1. The minimum absolute atomic E-state index is 0. The van der Waals surface area contributed by atoms with E-state index in [1.807, 2.05) is 36.2 Å². The lowest BCUT2D eigenvalue weighted by molar-refractivity contribution is -0.130. The first-order valence-corrected chi connectivity index (χ1v) is 8.07. The van der Waals surface area contributed by atoms with Gasteiger partial charge in [0.2, 0.25) is 5.91 Å². The molecule has 0 radical (unpaired) electrons. The molecule has 0 aromatic heterocycles. The molecule has 1 aromatic carbocycles. The summed E-state index contributed by atoms with van der Waals surface area (Å²) < 4.78 is 5.10. The van der Waals surface area contributed by atoms with E-state index in [-0.39, 0.29) is 42.4 Å². The van der Waals surface area contributed by atoms with E-state index in [1.165, 1.54) is 19.3 Å². The van der Waals surface area contributed by atoms with Crippen molar-refractivity contribution in [3.05, 3.63) is 24.3 Å². The van der Waals surface area contributed by atoms with Crippen LogP contribution in [0.15, 0.2) is 29.3 Å². The number of likely N-dealkylation sites (N-methyl/N-ethyl adjacent to an activating group) is 1. The van der Waals surface area contributed by atoms with Crippen LogP contribution in [-0.4, -0.2) is 43.5 Å². The summed E-state index contributed by atoms with van der Waals surface area (Å²) in [5.41, 5.74) is 6.65. The van der Waals surface area contributed by atoms with Crippen molar-refractivity contribution < 1.29 is 9.53 Å². The molecule has 1 saturated carbocycles. The number of ether oxygens (including phenoxy) is 1. The topological polar surface area (TPSA) is 80.0 Å². The predicted octanol–water partition coefficient (Wildman–Crippen LogP) is 2.83. The average molecular weight is 446 g/mol. The molecule has 0 bridgehead atoms. The molecule has 1 aromatic rings. The number of nitrogens with zero attached hydrogens (tertiary/aromatic N) is 2. The van der Waals surface area contributed by atoms with Crippen molar-refractivity contribution in [2.45, 2.75) is 38.1 Å². The smallest absolute Gasteiger partial charge is 0.244 e. The maximum Gasteiger partial charge on any atom is 0.244 e. The third-order valence-electron chi connectivity index (χ3n) is 4.26. The van der Waals surface area contributed by atoms with Crippen LogP contribution in [0, 0.1) is 0 Å². The third kappa shape index (κ3) is 6.18. The Morgan fingerprint density at radius 3 is 2.50 bits per heavy atom. The molecule has 0 spiro atoms. The molecule has 0 unspecified atom stereocenters. The van der Waals surface area contributed by atoms with Crippen molar-refractivity contribution in [3.8, 4) is 5.75 Å². The number of rotatable bonds is 5. The Bertz CT molecular complexity index is 542. The van der Waals surface area contributed by atoms with Crippen LogP contribution >= 0.6 is 24.0 Å². The first kappa shape index (κ1) is 20.5. The molecular formula is C17H27IN4O2. The molecule has 1 aliphatic carbocycles. The molecule has 1 amide bonds. The molecule has 1 aliphatic rings. The predicted molar refractivity (Wildman–Crippen MR) is 108 cm³/mol. The maximum atomic E-state index is 12.2. The van der Waals surface area contributed by atoms with Crippen molar-refractivity contribution in [3.63, 3.8) is 0 Å². The van der Waals surface area contributed by atoms with Gasteiger partial charge in [-0.15, -0.1) is 24.0 Å². The van der Waals surface area contributed by atoms with Crippen LogP contribution in [0.3, 0.4) is 0 Å². The van der Waals surface area contributed by atoms with Crippen LogP contribution in [0.2, 0.25) is 0 Å². The zero-order chi connectivity index (χ0) is 16.7. The molecule has 1 fully saturated rings. The zero-order valence-electron chi connectivity index (χ0n) is 14.3. The van der Waals surface area contributed by atoms with Crippen LogP contribution in [-0.2, 0) is 4.79 Å². The quantitative estimate of drug-likeness (QED) is 0.414. The van der Waals surface area contributed by atoms with E-state index in [4.69, 9.17) is 10.5 Å². The van der Waals surface area contributed by atoms with E-state index in [0.717, 1.165) is 24.3 Å². The Labute approximate surface area is 160 Å². The number of nitrogens with two attached hydrogens (primary N) is 1. The van der Waals surface area contributed by atoms with Gasteiger partial charge in [-0.05, 0) is 37.1 Å². The summed E-state index contributed by atoms with van der Waals surface area (Å²) in [6, 6.07) is 7.70. The number of carbonyl (C=O) groups is 1. The highest BCUT2D eigenvalue weighted by atomic mass is 127. The first-order valence-electron chi connectivity index (χ1n) is 8.07. The number of anilines is 1. The van der Waals surface area contributed by atoms with Crippen LogP contribution in [0.1, 0.15) is 32.1 Å². The maximum absolute atomic E-state index is 12.2. The van der Waals surface area contributed by atoms with Crippen molar-refractivity contribution >= 4 is 41.5 Å². The summed E-state index contributed by atoms with van der Waals surface area (Å²) in [6.07, 6.45) is 5.85. The number of aliphatic imine (C=N–C) groups is 1. The van der Waals surface area contributed by atoms with Crippen LogP contribution in [0.25, 0.3) is 0 Å². The number of halogens is 1. The highest BCUT2D eigenvalue weighted by Gasteiger charge is 2.21. The van der Waals surface area contributed by atoms with Crippen LogP contribution < -0.4 is 15.8 Å². The summed E-state index contributed by atoms with van der Waals surface area (Å²) >= 11 is 0. The summed E-state index contributed by atoms with van der Waals surface area (Å²) in [4.78, 5) is 18.2. The third-order valence-corrected chi connectivity index (χ3v) is 4.26. The van der Waals surface area contributed by atoms with Crippen LogP contribution in [0.4, 0.5) is 5.69 Å². The Kier molecular flexibility index (Phi) is 8.88. The van der Waals surface area contributed by atoms with E-state index < -0.39 is 0 Å². The van der Waals surface area contributed by atoms with E-state index in [2.05, 4.69) is 10.3 Å². The van der Waals surface area contributed by atoms with Gasteiger partial charge in [0.05, 0.1) is 7.11 Å². The first-order chi connectivity index (χ1) is 11.1. The Hall–Kier alpha value is -1.51. The minimum atomic E-state index is 0. The van der Waals surface area contributed by atoms with Gasteiger partial charge in [0.25, 0.3) is 0 Å². The van der Waals surface area contributed by atoms with Gasteiger partial charge in [-0.1, -0.05) is 19.3 Å². The lowest BCUT2D eigenvalue weighted by Gasteiger charge is -2.30. The van der Waals surface area contributed by atoms with Crippen molar-refractivity contribution in [1.82, 2.24) is 4.90 Å². The lowest BCUT2D eigenvalue weighted by Crippen LogP contribution is -2.40. The number of methoxy groups -OCH3 is 1. The SMILES string of the molecule is COc1ccc(NC(N)=NCC(=O)N(C)C2CCCCC2)cc1.I. The molecule has 24 heavy (non-hydrogen) atoms. The van der Waals surface area contributed by atoms with Gasteiger partial charge in [0.1, 0.15) is 12.3 Å². The number of benzene rings is 1. The fourth-order valence-electron chi connectivity index (χ4n) is 2.80. The second kappa shape index (κ2) is 10.4. The van der Waals surface area contributed by atoms with Crippen molar-refractivity contribution in [1.29, 1.82) is 0 Å². The summed E-state index contributed by atoms with van der Waals surface area (Å²) in [5, 5.41) is 2.97. The molecule has 0 heterocycles. The van der Waals surface area contributed by atoms with Gasteiger partial charge in [-0.25, -0.2) is 4.99 Å². The lowest BCUT2D eigenvalue weighted by atomic mass is 9.94. The van der Waals surface area contributed by atoms with Gasteiger partial charge in [0, 0.05) is 18.8 Å². The number of hydrogen-bond donors (Lipinski definition) is 2. The monoisotopic (exact) mass is 446 g/mol. The molecular weight excluding hydrogens is 419 g/mol. The normalized spacial score (nSPS) is 15.3. The molecule has 134 valence electrons. The molecule has 7 heteroatoms. The van der Waals surface area contributed by atoms with E-state index in [0.29, 0.717) is 6.04 Å². The Morgan fingerprint density at radius 1 is 1.29 bits per heavy atom. The fourth-order valence-corrected chi connectivity index (χ4v) is 2.80. The highest BCUT2D eigenvalue weighted by Crippen LogP contribution is 2.21. The molecule has 6 nitrogen and oxygen atoms in total. The van der Waals surface area contributed by atoms with Gasteiger partial charge < -0.3 is 20.7 Å². The molecule has 0 atom stereocenters. The second-order valence-electron chi connectivity index (χ2n) is 5.85.